The molecule has 5 heteroatoms. The first kappa shape index (κ1) is 14.2. The molecule has 98 valence electrons. The molecule has 0 aliphatic carbocycles. The zero-order valence-corrected chi connectivity index (χ0v) is 10.8. The third kappa shape index (κ3) is 4.18. The lowest BCUT2D eigenvalue weighted by atomic mass is 10.0. The van der Waals surface area contributed by atoms with E-state index in [1.807, 2.05) is 19.0 Å². The number of benzene rings is 1. The summed E-state index contributed by atoms with van der Waals surface area (Å²) in [6.45, 7) is 2.12. The Bertz CT molecular complexity index is 426. The van der Waals surface area contributed by atoms with E-state index in [0.717, 1.165) is 5.56 Å². The zero-order valence-electron chi connectivity index (χ0n) is 10.8. The molecule has 1 aromatic carbocycles. The van der Waals surface area contributed by atoms with Crippen molar-refractivity contribution >= 4 is 11.9 Å². The molecule has 1 rings (SSSR count). The number of ketones is 1. The Morgan fingerprint density at radius 1 is 1.28 bits per heavy atom. The predicted octanol–water partition coefficient (Wildman–Crippen LogP) is 1.76. The van der Waals surface area contributed by atoms with E-state index in [9.17, 15) is 9.59 Å². The fourth-order valence-corrected chi connectivity index (χ4v) is 1.60. The number of rotatable bonds is 5. The van der Waals surface area contributed by atoms with E-state index in [0.29, 0.717) is 12.1 Å². The van der Waals surface area contributed by atoms with Crippen LogP contribution in [-0.2, 0) is 0 Å². The van der Waals surface area contributed by atoms with E-state index in [2.05, 4.69) is 5.32 Å². The molecule has 1 aromatic rings. The van der Waals surface area contributed by atoms with Crippen molar-refractivity contribution in [1.82, 2.24) is 10.2 Å². The van der Waals surface area contributed by atoms with Crippen LogP contribution in [0.1, 0.15) is 28.9 Å². The fraction of sp³-hybridized carbons (Fsp3) is 0.385. The third-order valence-corrected chi connectivity index (χ3v) is 2.53. The van der Waals surface area contributed by atoms with Crippen molar-refractivity contribution in [2.24, 2.45) is 0 Å². The van der Waals surface area contributed by atoms with Crippen LogP contribution in [0.2, 0.25) is 0 Å². The van der Waals surface area contributed by atoms with Crippen LogP contribution in [0.25, 0.3) is 0 Å². The minimum Gasteiger partial charge on any atom is -0.465 e. The Kier molecular flexibility index (Phi) is 4.85. The topological polar surface area (TPSA) is 69.6 Å². The van der Waals surface area contributed by atoms with Crippen LogP contribution in [0.5, 0.6) is 0 Å². The van der Waals surface area contributed by atoms with Crippen molar-refractivity contribution in [3.8, 4) is 0 Å². The molecule has 0 saturated carbocycles. The van der Waals surface area contributed by atoms with Crippen molar-refractivity contribution in [1.29, 1.82) is 0 Å². The SMILES string of the molecule is C[C@H](NC(=O)O)c1ccc(C(=O)CN(C)C)cc1. The predicted molar refractivity (Wildman–Crippen MR) is 68.9 cm³/mol. The Morgan fingerprint density at radius 3 is 2.28 bits per heavy atom. The third-order valence-electron chi connectivity index (χ3n) is 2.53. The number of hydrogen-bond donors (Lipinski definition) is 2. The molecule has 0 saturated heterocycles. The van der Waals surface area contributed by atoms with Gasteiger partial charge in [-0.25, -0.2) is 4.79 Å². The smallest absolute Gasteiger partial charge is 0.405 e. The Balaban J connectivity index is 2.73. The summed E-state index contributed by atoms with van der Waals surface area (Å²) in [4.78, 5) is 24.1. The monoisotopic (exact) mass is 250 g/mol. The van der Waals surface area contributed by atoms with Gasteiger partial charge in [0.2, 0.25) is 0 Å². The van der Waals surface area contributed by atoms with Gasteiger partial charge < -0.3 is 15.3 Å². The first-order valence-corrected chi connectivity index (χ1v) is 5.67. The van der Waals surface area contributed by atoms with E-state index in [4.69, 9.17) is 5.11 Å². The average Bonchev–Trinajstić information content (AvgIpc) is 2.27. The van der Waals surface area contributed by atoms with Gasteiger partial charge in [-0.15, -0.1) is 0 Å². The average molecular weight is 250 g/mol. The molecule has 0 aliphatic heterocycles. The molecule has 2 N–H and O–H groups in total. The van der Waals surface area contributed by atoms with E-state index in [1.54, 1.807) is 31.2 Å². The molecule has 0 bridgehead atoms. The number of carbonyl (C=O) groups excluding carboxylic acids is 1. The van der Waals surface area contributed by atoms with Gasteiger partial charge in [0.25, 0.3) is 0 Å². The maximum absolute atomic E-state index is 11.8. The van der Waals surface area contributed by atoms with Gasteiger partial charge in [0.05, 0.1) is 12.6 Å². The quantitative estimate of drug-likeness (QED) is 0.781. The van der Waals surface area contributed by atoms with E-state index >= 15 is 0 Å². The number of Topliss-reactive ketones (excluding diaryl/α,β-unsaturated/α-hetero) is 1. The second kappa shape index (κ2) is 6.16. The van der Waals surface area contributed by atoms with Gasteiger partial charge in [-0.3, -0.25) is 4.79 Å². The largest absolute Gasteiger partial charge is 0.465 e. The number of hydrogen-bond acceptors (Lipinski definition) is 3. The van der Waals surface area contributed by atoms with E-state index < -0.39 is 6.09 Å². The molecule has 0 radical (unpaired) electrons. The molecule has 1 atom stereocenters. The minimum absolute atomic E-state index is 0.0467. The number of nitrogens with one attached hydrogen (secondary N) is 1. The summed E-state index contributed by atoms with van der Waals surface area (Å²) >= 11 is 0. The highest BCUT2D eigenvalue weighted by Crippen LogP contribution is 2.13. The molecule has 0 aromatic heterocycles. The van der Waals surface area contributed by atoms with Crippen molar-refractivity contribution in [3.63, 3.8) is 0 Å². The molecular formula is C13H18N2O3. The normalized spacial score (nSPS) is 12.2. The van der Waals surface area contributed by atoms with Gasteiger partial charge in [0, 0.05) is 5.56 Å². The highest BCUT2D eigenvalue weighted by atomic mass is 16.4. The summed E-state index contributed by atoms with van der Waals surface area (Å²) in [5, 5.41) is 11.0. The molecule has 0 unspecified atom stereocenters. The summed E-state index contributed by atoms with van der Waals surface area (Å²) in [7, 11) is 3.68. The summed E-state index contributed by atoms with van der Waals surface area (Å²) in [5.41, 5.74) is 1.47. The summed E-state index contributed by atoms with van der Waals surface area (Å²) < 4.78 is 0. The van der Waals surface area contributed by atoms with Gasteiger partial charge in [-0.2, -0.15) is 0 Å². The van der Waals surface area contributed by atoms with Crippen molar-refractivity contribution < 1.29 is 14.7 Å². The summed E-state index contributed by atoms with van der Waals surface area (Å²) in [5.74, 6) is 0.0467. The first-order chi connectivity index (χ1) is 8.40. The Morgan fingerprint density at radius 2 is 1.83 bits per heavy atom. The minimum atomic E-state index is -1.06. The molecular weight excluding hydrogens is 232 g/mol. The lowest BCUT2D eigenvalue weighted by Gasteiger charge is -2.13. The summed E-state index contributed by atoms with van der Waals surface area (Å²) in [6, 6.07) is 6.69. The number of likely N-dealkylation sites (N-methyl/N-ethyl adjacent to an activating group) is 1. The zero-order chi connectivity index (χ0) is 13.7. The Hall–Kier alpha value is -1.88. The molecule has 18 heavy (non-hydrogen) atoms. The van der Waals surface area contributed by atoms with Crippen LogP contribution in [0.4, 0.5) is 4.79 Å². The number of carbonyl (C=O) groups is 2. The molecule has 0 aliphatic rings. The summed E-state index contributed by atoms with van der Waals surface area (Å²) in [6.07, 6.45) is -1.06. The second-order valence-electron chi connectivity index (χ2n) is 4.45. The molecule has 0 spiro atoms. The highest BCUT2D eigenvalue weighted by Gasteiger charge is 2.10. The van der Waals surface area contributed by atoms with E-state index in [-0.39, 0.29) is 11.8 Å². The highest BCUT2D eigenvalue weighted by molar-refractivity contribution is 5.97. The first-order valence-electron chi connectivity index (χ1n) is 5.67. The fourth-order valence-electron chi connectivity index (χ4n) is 1.60. The van der Waals surface area contributed by atoms with Crippen LogP contribution < -0.4 is 5.32 Å². The van der Waals surface area contributed by atoms with Gasteiger partial charge in [-0.05, 0) is 26.6 Å². The lowest BCUT2D eigenvalue weighted by molar-refractivity contribution is 0.0957. The number of carboxylic acid groups (broad SMARTS) is 1. The van der Waals surface area contributed by atoms with Crippen molar-refractivity contribution in [3.05, 3.63) is 35.4 Å². The lowest BCUT2D eigenvalue weighted by Crippen LogP contribution is -2.24. The maximum atomic E-state index is 11.8. The maximum Gasteiger partial charge on any atom is 0.405 e. The van der Waals surface area contributed by atoms with Crippen LogP contribution >= 0.6 is 0 Å². The molecule has 0 fully saturated rings. The standard InChI is InChI=1S/C13H18N2O3/c1-9(14-13(17)18)10-4-6-11(7-5-10)12(16)8-15(2)3/h4-7,9,14H,8H2,1-3H3,(H,17,18)/t9-/m0/s1. The van der Waals surface area contributed by atoms with Gasteiger partial charge in [-0.1, -0.05) is 24.3 Å². The molecule has 0 heterocycles. The molecule has 1 amide bonds. The van der Waals surface area contributed by atoms with Crippen LogP contribution in [0, 0.1) is 0 Å². The van der Waals surface area contributed by atoms with Crippen LogP contribution in [0.3, 0.4) is 0 Å². The van der Waals surface area contributed by atoms with Crippen molar-refractivity contribution in [2.45, 2.75) is 13.0 Å². The van der Waals surface area contributed by atoms with Crippen molar-refractivity contribution in [2.75, 3.05) is 20.6 Å². The molecule has 5 nitrogen and oxygen atoms in total. The van der Waals surface area contributed by atoms with Gasteiger partial charge in [0.15, 0.2) is 5.78 Å². The number of nitrogens with zero attached hydrogens (tertiary/aromatic N) is 1. The van der Waals surface area contributed by atoms with Crippen LogP contribution in [-0.4, -0.2) is 42.5 Å². The van der Waals surface area contributed by atoms with E-state index in [1.165, 1.54) is 0 Å². The van der Waals surface area contributed by atoms with Gasteiger partial charge >= 0.3 is 6.09 Å². The van der Waals surface area contributed by atoms with Gasteiger partial charge in [0.1, 0.15) is 0 Å². The number of amides is 1. The second-order valence-corrected chi connectivity index (χ2v) is 4.45. The Labute approximate surface area is 106 Å². The van der Waals surface area contributed by atoms with Crippen LogP contribution in [0.15, 0.2) is 24.3 Å².